The lowest BCUT2D eigenvalue weighted by atomic mass is 10.2. The predicted octanol–water partition coefficient (Wildman–Crippen LogP) is 2.63. The zero-order valence-corrected chi connectivity index (χ0v) is 14.5. The third-order valence-electron chi connectivity index (χ3n) is 3.71. The minimum atomic E-state index is -0.901. The van der Waals surface area contributed by atoms with Gasteiger partial charge in [-0.25, -0.2) is 9.97 Å². The maximum atomic E-state index is 10.7. The van der Waals surface area contributed by atoms with Crippen molar-refractivity contribution in [2.45, 2.75) is 5.16 Å². The normalized spacial score (nSPS) is 14.7. The summed E-state index contributed by atoms with van der Waals surface area (Å²) in [5.74, 6) is -0.237. The Morgan fingerprint density at radius 2 is 1.79 bits per heavy atom. The van der Waals surface area contributed by atoms with Crippen molar-refractivity contribution >= 4 is 40.8 Å². The molecule has 8 heteroatoms. The Bertz CT molecular complexity index is 708. The SMILES string of the molecule is O=C(O)CSc1nc(Cl)cc(N2CCN(c3ccccc3)CC2)n1. The number of piperazine rings is 1. The van der Waals surface area contributed by atoms with E-state index in [1.807, 2.05) is 18.2 Å². The fourth-order valence-electron chi connectivity index (χ4n) is 2.57. The van der Waals surface area contributed by atoms with Crippen LogP contribution in [-0.2, 0) is 4.79 Å². The van der Waals surface area contributed by atoms with Crippen LogP contribution in [0.4, 0.5) is 11.5 Å². The number of carboxylic acids is 1. The first-order chi connectivity index (χ1) is 11.6. The van der Waals surface area contributed by atoms with Crippen molar-refractivity contribution in [3.05, 3.63) is 41.6 Å². The van der Waals surface area contributed by atoms with Crippen molar-refractivity contribution in [1.29, 1.82) is 0 Å². The molecule has 1 fully saturated rings. The Hall–Kier alpha value is -1.99. The molecule has 0 radical (unpaired) electrons. The predicted molar refractivity (Wildman–Crippen MR) is 96.3 cm³/mol. The summed E-state index contributed by atoms with van der Waals surface area (Å²) in [6, 6.07) is 12.0. The Labute approximate surface area is 149 Å². The van der Waals surface area contributed by atoms with Crippen molar-refractivity contribution in [2.75, 3.05) is 41.7 Å². The molecule has 126 valence electrons. The zero-order valence-electron chi connectivity index (χ0n) is 12.9. The zero-order chi connectivity index (χ0) is 16.9. The summed E-state index contributed by atoms with van der Waals surface area (Å²) in [4.78, 5) is 23.7. The number of rotatable bonds is 5. The number of thioether (sulfide) groups is 1. The second-order valence-electron chi connectivity index (χ2n) is 5.32. The van der Waals surface area contributed by atoms with E-state index in [4.69, 9.17) is 16.7 Å². The van der Waals surface area contributed by atoms with Gasteiger partial charge in [-0.3, -0.25) is 4.79 Å². The minimum Gasteiger partial charge on any atom is -0.481 e. The van der Waals surface area contributed by atoms with Gasteiger partial charge in [-0.15, -0.1) is 0 Å². The average Bonchev–Trinajstić information content (AvgIpc) is 2.60. The molecule has 0 atom stereocenters. The van der Waals surface area contributed by atoms with Crippen LogP contribution in [0.5, 0.6) is 0 Å². The van der Waals surface area contributed by atoms with Crippen LogP contribution in [0.15, 0.2) is 41.6 Å². The molecule has 0 bridgehead atoms. The van der Waals surface area contributed by atoms with Crippen LogP contribution < -0.4 is 9.80 Å². The summed E-state index contributed by atoms with van der Waals surface area (Å²) in [5.41, 5.74) is 1.22. The Morgan fingerprint density at radius 1 is 1.12 bits per heavy atom. The van der Waals surface area contributed by atoms with Gasteiger partial charge >= 0.3 is 5.97 Å². The molecular weight excluding hydrogens is 348 g/mol. The maximum absolute atomic E-state index is 10.7. The van der Waals surface area contributed by atoms with E-state index in [0.29, 0.717) is 10.3 Å². The molecule has 1 saturated heterocycles. The van der Waals surface area contributed by atoms with Gasteiger partial charge in [-0.05, 0) is 12.1 Å². The molecule has 1 aromatic heterocycles. The van der Waals surface area contributed by atoms with Crippen LogP contribution in [0, 0.1) is 0 Å². The van der Waals surface area contributed by atoms with Crippen molar-refractivity contribution in [2.24, 2.45) is 0 Å². The van der Waals surface area contributed by atoms with Gasteiger partial charge in [0.1, 0.15) is 11.0 Å². The lowest BCUT2D eigenvalue weighted by molar-refractivity contribution is -0.133. The van der Waals surface area contributed by atoms with Crippen molar-refractivity contribution in [3.63, 3.8) is 0 Å². The Balaban J connectivity index is 1.66. The fraction of sp³-hybridized carbons (Fsp3) is 0.312. The maximum Gasteiger partial charge on any atom is 0.313 e. The average molecular weight is 365 g/mol. The summed E-state index contributed by atoms with van der Waals surface area (Å²) in [6.45, 7) is 3.43. The van der Waals surface area contributed by atoms with E-state index in [1.54, 1.807) is 6.07 Å². The van der Waals surface area contributed by atoms with Crippen LogP contribution in [0.2, 0.25) is 5.15 Å². The van der Waals surface area contributed by atoms with Gasteiger partial charge in [0, 0.05) is 37.9 Å². The standard InChI is InChI=1S/C16H17ClN4O2S/c17-13-10-14(19-16(18-13)24-11-15(22)23)21-8-6-20(7-9-21)12-4-2-1-3-5-12/h1-5,10H,6-9,11H2,(H,22,23). The molecule has 24 heavy (non-hydrogen) atoms. The van der Waals surface area contributed by atoms with E-state index >= 15 is 0 Å². The van der Waals surface area contributed by atoms with E-state index in [9.17, 15) is 4.79 Å². The molecular formula is C16H17ClN4O2S. The van der Waals surface area contributed by atoms with E-state index in [-0.39, 0.29) is 5.75 Å². The molecule has 0 saturated carbocycles. The van der Waals surface area contributed by atoms with Crippen LogP contribution in [0.25, 0.3) is 0 Å². The van der Waals surface area contributed by atoms with Crippen LogP contribution in [0.1, 0.15) is 0 Å². The Morgan fingerprint density at radius 3 is 2.46 bits per heavy atom. The number of aromatic nitrogens is 2. The highest BCUT2D eigenvalue weighted by Gasteiger charge is 2.19. The number of para-hydroxylation sites is 1. The summed E-state index contributed by atoms with van der Waals surface area (Å²) in [6.07, 6.45) is 0. The number of nitrogens with zero attached hydrogens (tertiary/aromatic N) is 4. The molecule has 1 N–H and O–H groups in total. The highest BCUT2D eigenvalue weighted by Crippen LogP contribution is 2.24. The number of carboxylic acid groups (broad SMARTS) is 1. The van der Waals surface area contributed by atoms with Crippen molar-refractivity contribution < 1.29 is 9.90 Å². The van der Waals surface area contributed by atoms with E-state index in [0.717, 1.165) is 43.8 Å². The van der Waals surface area contributed by atoms with E-state index in [1.165, 1.54) is 5.69 Å². The first-order valence-corrected chi connectivity index (χ1v) is 8.92. The molecule has 0 aliphatic carbocycles. The topological polar surface area (TPSA) is 69.6 Å². The molecule has 0 amide bonds. The van der Waals surface area contributed by atoms with Crippen LogP contribution in [0.3, 0.4) is 0 Å². The number of anilines is 2. The third-order valence-corrected chi connectivity index (χ3v) is 4.74. The molecule has 1 aliphatic heterocycles. The quantitative estimate of drug-likeness (QED) is 0.497. The highest BCUT2D eigenvalue weighted by molar-refractivity contribution is 7.99. The van der Waals surface area contributed by atoms with E-state index < -0.39 is 5.97 Å². The summed E-state index contributed by atoms with van der Waals surface area (Å²) in [5, 5.41) is 9.50. The largest absolute Gasteiger partial charge is 0.481 e. The molecule has 0 unspecified atom stereocenters. The molecule has 3 rings (SSSR count). The van der Waals surface area contributed by atoms with Gasteiger partial charge in [0.2, 0.25) is 0 Å². The van der Waals surface area contributed by atoms with Crippen molar-refractivity contribution in [3.8, 4) is 0 Å². The number of benzene rings is 1. The second kappa shape index (κ2) is 7.72. The molecule has 1 aliphatic rings. The summed E-state index contributed by atoms with van der Waals surface area (Å²) in [7, 11) is 0. The van der Waals surface area contributed by atoms with Crippen LogP contribution >= 0.6 is 23.4 Å². The van der Waals surface area contributed by atoms with Gasteiger partial charge in [0.25, 0.3) is 0 Å². The number of aliphatic carboxylic acids is 1. The first-order valence-electron chi connectivity index (χ1n) is 7.56. The van der Waals surface area contributed by atoms with Gasteiger partial charge in [-0.2, -0.15) is 0 Å². The molecule has 0 spiro atoms. The Kier molecular flexibility index (Phi) is 5.42. The lowest BCUT2D eigenvalue weighted by Crippen LogP contribution is -2.46. The van der Waals surface area contributed by atoms with Gasteiger partial charge < -0.3 is 14.9 Å². The molecule has 2 heterocycles. The molecule has 2 aromatic rings. The van der Waals surface area contributed by atoms with Gasteiger partial charge in [0.05, 0.1) is 5.75 Å². The second-order valence-corrected chi connectivity index (χ2v) is 6.65. The fourth-order valence-corrected chi connectivity index (χ4v) is 3.37. The third kappa shape index (κ3) is 4.30. The van der Waals surface area contributed by atoms with Gasteiger partial charge in [-0.1, -0.05) is 41.6 Å². The van der Waals surface area contributed by atoms with Gasteiger partial charge in [0.15, 0.2) is 5.16 Å². The van der Waals surface area contributed by atoms with Crippen molar-refractivity contribution in [1.82, 2.24) is 9.97 Å². The monoisotopic (exact) mass is 364 g/mol. The van der Waals surface area contributed by atoms with Crippen LogP contribution in [-0.4, -0.2) is 53.0 Å². The van der Waals surface area contributed by atoms with E-state index in [2.05, 4.69) is 31.9 Å². The minimum absolute atomic E-state index is 0.0818. The highest BCUT2D eigenvalue weighted by atomic mass is 35.5. The first kappa shape index (κ1) is 16.9. The number of hydrogen-bond acceptors (Lipinski definition) is 6. The smallest absolute Gasteiger partial charge is 0.313 e. The molecule has 6 nitrogen and oxygen atoms in total. The summed E-state index contributed by atoms with van der Waals surface area (Å²) >= 11 is 7.14. The number of halogens is 1. The lowest BCUT2D eigenvalue weighted by Gasteiger charge is -2.36. The number of hydrogen-bond donors (Lipinski definition) is 1. The molecule has 1 aromatic carbocycles. The number of carbonyl (C=O) groups is 1. The summed E-state index contributed by atoms with van der Waals surface area (Å²) < 4.78 is 0.